The maximum Gasteiger partial charge on any atom is 0.264 e. The van der Waals surface area contributed by atoms with Crippen LogP contribution in [0, 0.1) is 0 Å². The Morgan fingerprint density at radius 1 is 2.00 bits per heavy atom. The predicted octanol–water partition coefficient (Wildman–Crippen LogP) is 0.417. The molecule has 0 aliphatic heterocycles. The van der Waals surface area contributed by atoms with E-state index in [2.05, 4.69) is 0 Å². The second kappa shape index (κ2) is 1.96. The summed E-state index contributed by atoms with van der Waals surface area (Å²) >= 11 is 0. The van der Waals surface area contributed by atoms with Gasteiger partial charge in [-0.1, -0.05) is 6.55 Å². The van der Waals surface area contributed by atoms with Gasteiger partial charge in [-0.2, -0.15) is 0 Å². The lowest BCUT2D eigenvalue weighted by molar-refractivity contribution is 0.220. The van der Waals surface area contributed by atoms with Crippen LogP contribution in [0.1, 0.15) is 0 Å². The fourth-order valence-corrected chi connectivity index (χ4v) is 0. The van der Waals surface area contributed by atoms with Gasteiger partial charge in [0, 0.05) is 0 Å². The summed E-state index contributed by atoms with van der Waals surface area (Å²) in [6.07, 6.45) is 0. The maximum absolute atomic E-state index is 9.38. The lowest BCUT2D eigenvalue weighted by Crippen LogP contribution is -1.97. The molecule has 1 N–H and O–H groups in total. The summed E-state index contributed by atoms with van der Waals surface area (Å²) in [4.78, 5) is 9.38. The highest BCUT2D eigenvalue weighted by atomic mass is 28.2. The van der Waals surface area contributed by atoms with Crippen LogP contribution in [-0.2, 0) is 0 Å². The molecule has 0 saturated heterocycles. The molecule has 0 aromatic heterocycles. The Kier molecular flexibility index (Phi) is 1.84. The molecular weight excluding hydrogens is 84.1 g/mol. The molecule has 0 spiro atoms. The molecule has 0 fully saturated rings. The molecule has 0 saturated carbocycles. The molecule has 0 unspecified atom stereocenters. The highest BCUT2D eigenvalue weighted by Gasteiger charge is 1.83. The van der Waals surface area contributed by atoms with E-state index in [0.29, 0.717) is 0 Å². The first kappa shape index (κ1) is 4.69. The second-order valence-electron chi connectivity index (χ2n) is 0.555. The van der Waals surface area contributed by atoms with Crippen LogP contribution in [0.5, 0.6) is 0 Å². The topological polar surface area (TPSA) is 37.3 Å². The highest BCUT2D eigenvalue weighted by Crippen LogP contribution is 1.56. The number of carbonyl (C=O) groups is 1. The summed E-state index contributed by atoms with van der Waals surface area (Å²) in [5.41, 5.74) is -0.718. The summed E-state index contributed by atoms with van der Waals surface area (Å²) in [6, 6.07) is 0. The molecule has 5 heavy (non-hydrogen) atoms. The molecule has 0 aromatic carbocycles. The number of carboxylic acid groups (broad SMARTS) is 1. The van der Waals surface area contributed by atoms with Crippen LogP contribution in [0.4, 0.5) is 4.79 Å². The van der Waals surface area contributed by atoms with Crippen molar-refractivity contribution in [1.29, 1.82) is 0 Å². The van der Waals surface area contributed by atoms with Gasteiger partial charge in [-0.05, 0) is 0 Å². The van der Waals surface area contributed by atoms with E-state index in [4.69, 9.17) is 5.11 Å². The van der Waals surface area contributed by atoms with Crippen molar-refractivity contribution in [2.24, 2.45) is 0 Å². The average molecular weight is 88.1 g/mol. The third-order valence-corrected chi connectivity index (χ3v) is 0.642. The van der Waals surface area contributed by atoms with Crippen LogP contribution in [0.2, 0.25) is 6.55 Å². The Balaban J connectivity index is 2.85. The van der Waals surface area contributed by atoms with Gasteiger partial charge in [0.25, 0.3) is 5.59 Å². The van der Waals surface area contributed by atoms with Crippen LogP contribution < -0.4 is 0 Å². The molecule has 0 aliphatic rings. The van der Waals surface area contributed by atoms with E-state index in [1.807, 2.05) is 0 Å². The van der Waals surface area contributed by atoms with Crippen LogP contribution in [0.15, 0.2) is 0 Å². The van der Waals surface area contributed by atoms with Crippen molar-refractivity contribution < 1.29 is 9.90 Å². The summed E-state index contributed by atoms with van der Waals surface area (Å²) < 4.78 is 0. The Hall–Kier alpha value is -0.313. The van der Waals surface area contributed by atoms with Gasteiger partial charge >= 0.3 is 0 Å². The van der Waals surface area contributed by atoms with Gasteiger partial charge in [0.15, 0.2) is 9.52 Å². The molecule has 2 nitrogen and oxygen atoms in total. The zero-order chi connectivity index (χ0) is 4.28. The van der Waals surface area contributed by atoms with Crippen molar-refractivity contribution in [1.82, 2.24) is 0 Å². The van der Waals surface area contributed by atoms with Gasteiger partial charge in [-0.25, -0.2) is 0 Å². The minimum absolute atomic E-state index is 0.0309. The number of hydrogen-bond donors (Lipinski definition) is 1. The molecule has 0 amide bonds. The summed E-state index contributed by atoms with van der Waals surface area (Å²) in [6.45, 7) is 1.63. The van der Waals surface area contributed by atoms with Crippen molar-refractivity contribution in [2.45, 2.75) is 6.55 Å². The van der Waals surface area contributed by atoms with Crippen molar-refractivity contribution in [3.05, 3.63) is 0 Å². The lowest BCUT2D eigenvalue weighted by atomic mass is 11.6. The van der Waals surface area contributed by atoms with Crippen LogP contribution in [0.25, 0.3) is 0 Å². The molecule has 3 heteroatoms. The van der Waals surface area contributed by atoms with Crippen LogP contribution in [0.3, 0.4) is 0 Å². The SMILES string of the molecule is C[Si]C(=O)O. The molecule has 0 bridgehead atoms. The van der Waals surface area contributed by atoms with Gasteiger partial charge in [-0.15, -0.1) is 0 Å². The minimum atomic E-state index is -0.718. The zero-order valence-electron chi connectivity index (χ0n) is 2.86. The Labute approximate surface area is 32.6 Å². The third-order valence-electron chi connectivity index (χ3n) is 0.214. The normalized spacial score (nSPS) is 7.40. The smallest absolute Gasteiger partial charge is 0.264 e. The molecule has 0 atom stereocenters. The van der Waals surface area contributed by atoms with E-state index >= 15 is 0 Å². The van der Waals surface area contributed by atoms with Crippen LogP contribution in [-0.4, -0.2) is 20.2 Å². The van der Waals surface area contributed by atoms with Crippen molar-refractivity contribution in [2.75, 3.05) is 0 Å². The quantitative estimate of drug-likeness (QED) is 0.471. The average Bonchev–Trinajstić information content (AvgIpc) is 1.38. The third kappa shape index (κ3) is 3.69. The summed E-state index contributed by atoms with van der Waals surface area (Å²) in [7, 11) is 0.0309. The maximum atomic E-state index is 9.38. The van der Waals surface area contributed by atoms with Crippen LogP contribution >= 0.6 is 0 Å². The fraction of sp³-hybridized carbons (Fsp3) is 0.500. The second-order valence-corrected chi connectivity index (χ2v) is 1.48. The standard InChI is InChI=1S/C2H4O2Si/c1-5-2(3)4/h1H3,(H,3,4). The molecule has 2 radical (unpaired) electrons. The van der Waals surface area contributed by atoms with E-state index in [0.717, 1.165) is 0 Å². The molecule has 28 valence electrons. The fourth-order valence-electron chi connectivity index (χ4n) is 0. The van der Waals surface area contributed by atoms with Crippen molar-refractivity contribution in [3.63, 3.8) is 0 Å². The number of rotatable bonds is 1. The van der Waals surface area contributed by atoms with Gasteiger partial charge in [-0.3, -0.25) is 4.79 Å². The minimum Gasteiger partial charge on any atom is -0.486 e. The largest absolute Gasteiger partial charge is 0.486 e. The number of hydrogen-bond acceptors (Lipinski definition) is 1. The molecule has 0 heterocycles. The van der Waals surface area contributed by atoms with Gasteiger partial charge in [0.2, 0.25) is 0 Å². The van der Waals surface area contributed by atoms with Crippen molar-refractivity contribution in [3.8, 4) is 0 Å². The Morgan fingerprint density at radius 3 is 2.20 bits per heavy atom. The summed E-state index contributed by atoms with van der Waals surface area (Å²) in [5, 5.41) is 7.73. The first-order chi connectivity index (χ1) is 2.27. The first-order valence-electron chi connectivity index (χ1n) is 1.18. The van der Waals surface area contributed by atoms with Crippen molar-refractivity contribution >= 4 is 15.1 Å². The van der Waals surface area contributed by atoms with E-state index in [1.54, 1.807) is 6.55 Å². The predicted molar refractivity (Wildman–Crippen MR) is 19.6 cm³/mol. The molecular formula is C2H4O2Si. The Morgan fingerprint density at radius 2 is 2.20 bits per heavy atom. The molecule has 0 aromatic rings. The van der Waals surface area contributed by atoms with Gasteiger partial charge in [0.1, 0.15) is 0 Å². The monoisotopic (exact) mass is 88.0 g/mol. The zero-order valence-corrected chi connectivity index (χ0v) is 3.86. The molecule has 0 aliphatic carbocycles. The summed E-state index contributed by atoms with van der Waals surface area (Å²) in [5.74, 6) is 0. The van der Waals surface area contributed by atoms with Gasteiger partial charge < -0.3 is 5.11 Å². The highest BCUT2D eigenvalue weighted by molar-refractivity contribution is 6.70. The Bertz CT molecular complexity index is 42.9. The lowest BCUT2D eigenvalue weighted by Gasteiger charge is -1.70. The first-order valence-corrected chi connectivity index (χ1v) is 2.68. The molecule has 0 rings (SSSR count). The van der Waals surface area contributed by atoms with E-state index in [-0.39, 0.29) is 9.52 Å². The van der Waals surface area contributed by atoms with E-state index in [1.165, 1.54) is 0 Å². The van der Waals surface area contributed by atoms with Gasteiger partial charge in [0.05, 0.1) is 0 Å². The van der Waals surface area contributed by atoms with E-state index in [9.17, 15) is 4.79 Å². The van der Waals surface area contributed by atoms with E-state index < -0.39 is 5.59 Å².